The highest BCUT2D eigenvalue weighted by molar-refractivity contribution is 7.18. The number of hydrogen-bond acceptors (Lipinski definition) is 3. The van der Waals surface area contributed by atoms with Gasteiger partial charge in [-0.05, 0) is 12.5 Å². The molecule has 0 saturated carbocycles. The number of aromatic nitrogens is 1. The van der Waals surface area contributed by atoms with Crippen LogP contribution >= 0.6 is 11.3 Å². The predicted octanol–water partition coefficient (Wildman–Crippen LogP) is 3.81. The molecule has 0 radical (unpaired) electrons. The van der Waals surface area contributed by atoms with Crippen molar-refractivity contribution in [1.29, 1.82) is 0 Å². The second-order valence-electron chi connectivity index (χ2n) is 5.17. The van der Waals surface area contributed by atoms with Crippen LogP contribution in [-0.2, 0) is 11.2 Å². The average molecular weight is 308 g/mol. The standard InChI is InChI=1S/C18H16N2OS/c1-12-7-9-13(10-8-12)17-15(11-16(19)21)20-18(22-17)14-5-3-2-4-6-14/h2-10H,11H2,1H3,(H2,19,21). The van der Waals surface area contributed by atoms with Gasteiger partial charge in [0.15, 0.2) is 0 Å². The Hall–Kier alpha value is -2.46. The van der Waals surface area contributed by atoms with E-state index in [4.69, 9.17) is 5.73 Å². The van der Waals surface area contributed by atoms with E-state index >= 15 is 0 Å². The fourth-order valence-corrected chi connectivity index (χ4v) is 3.36. The molecule has 0 aliphatic carbocycles. The summed E-state index contributed by atoms with van der Waals surface area (Å²) in [5, 5.41) is 0.910. The van der Waals surface area contributed by atoms with Gasteiger partial charge in [-0.2, -0.15) is 0 Å². The van der Waals surface area contributed by atoms with Crippen LogP contribution in [0.4, 0.5) is 0 Å². The highest BCUT2D eigenvalue weighted by Crippen LogP contribution is 2.35. The van der Waals surface area contributed by atoms with Crippen molar-refractivity contribution in [3.8, 4) is 21.0 Å². The number of hydrogen-bond donors (Lipinski definition) is 1. The van der Waals surface area contributed by atoms with Crippen molar-refractivity contribution in [2.24, 2.45) is 5.73 Å². The lowest BCUT2D eigenvalue weighted by molar-refractivity contribution is -0.117. The van der Waals surface area contributed by atoms with E-state index in [2.05, 4.69) is 36.2 Å². The van der Waals surface area contributed by atoms with Gasteiger partial charge in [-0.15, -0.1) is 11.3 Å². The number of benzene rings is 2. The molecule has 0 spiro atoms. The normalized spacial score (nSPS) is 10.6. The van der Waals surface area contributed by atoms with Gasteiger partial charge < -0.3 is 5.73 Å². The Kier molecular flexibility index (Phi) is 4.02. The molecule has 0 aliphatic rings. The minimum atomic E-state index is -0.363. The maximum absolute atomic E-state index is 11.3. The van der Waals surface area contributed by atoms with Crippen molar-refractivity contribution < 1.29 is 4.79 Å². The number of primary amides is 1. The second-order valence-corrected chi connectivity index (χ2v) is 6.17. The van der Waals surface area contributed by atoms with Gasteiger partial charge in [0.1, 0.15) is 5.01 Å². The third kappa shape index (κ3) is 3.07. The van der Waals surface area contributed by atoms with Crippen LogP contribution in [0, 0.1) is 6.92 Å². The molecule has 0 fully saturated rings. The first-order chi connectivity index (χ1) is 10.6. The molecule has 3 nitrogen and oxygen atoms in total. The predicted molar refractivity (Wildman–Crippen MR) is 90.6 cm³/mol. The largest absolute Gasteiger partial charge is 0.369 e. The van der Waals surface area contributed by atoms with Crippen LogP contribution in [0.15, 0.2) is 54.6 Å². The van der Waals surface area contributed by atoms with Crippen molar-refractivity contribution in [3.05, 3.63) is 65.9 Å². The molecule has 0 unspecified atom stereocenters. The molecule has 0 atom stereocenters. The van der Waals surface area contributed by atoms with E-state index in [1.807, 2.05) is 30.3 Å². The number of nitrogens with two attached hydrogens (primary N) is 1. The van der Waals surface area contributed by atoms with Gasteiger partial charge in [0, 0.05) is 5.56 Å². The summed E-state index contributed by atoms with van der Waals surface area (Å²) >= 11 is 1.59. The lowest BCUT2D eigenvalue weighted by Crippen LogP contribution is -2.14. The molecule has 1 aromatic heterocycles. The van der Waals surface area contributed by atoms with Gasteiger partial charge in [-0.3, -0.25) is 4.79 Å². The number of nitrogens with zero attached hydrogens (tertiary/aromatic N) is 1. The fourth-order valence-electron chi connectivity index (χ4n) is 2.27. The minimum absolute atomic E-state index is 0.159. The summed E-state index contributed by atoms with van der Waals surface area (Å²) in [5.41, 5.74) is 9.44. The van der Waals surface area contributed by atoms with E-state index < -0.39 is 0 Å². The number of aryl methyl sites for hydroxylation is 1. The van der Waals surface area contributed by atoms with Gasteiger partial charge in [0.2, 0.25) is 5.91 Å². The lowest BCUT2D eigenvalue weighted by Gasteiger charge is -2.01. The van der Waals surface area contributed by atoms with Crippen LogP contribution in [0.25, 0.3) is 21.0 Å². The Morgan fingerprint density at radius 1 is 1.05 bits per heavy atom. The molecule has 0 aliphatic heterocycles. The molecule has 3 rings (SSSR count). The summed E-state index contributed by atoms with van der Waals surface area (Å²) in [4.78, 5) is 17.0. The maximum atomic E-state index is 11.3. The van der Waals surface area contributed by atoms with Gasteiger partial charge in [-0.1, -0.05) is 60.2 Å². The van der Waals surface area contributed by atoms with Crippen LogP contribution in [0.1, 0.15) is 11.3 Å². The summed E-state index contributed by atoms with van der Waals surface area (Å²) in [5.74, 6) is -0.363. The Balaban J connectivity index is 2.09. The van der Waals surface area contributed by atoms with Crippen LogP contribution in [-0.4, -0.2) is 10.9 Å². The summed E-state index contributed by atoms with van der Waals surface area (Å²) in [7, 11) is 0. The highest BCUT2D eigenvalue weighted by atomic mass is 32.1. The van der Waals surface area contributed by atoms with Gasteiger partial charge in [0.25, 0.3) is 0 Å². The number of rotatable bonds is 4. The molecule has 4 heteroatoms. The number of carbonyl (C=O) groups is 1. The molecule has 1 heterocycles. The third-order valence-corrected chi connectivity index (χ3v) is 4.57. The van der Waals surface area contributed by atoms with E-state index in [0.29, 0.717) is 0 Å². The van der Waals surface area contributed by atoms with E-state index in [1.165, 1.54) is 5.56 Å². The Morgan fingerprint density at radius 3 is 2.36 bits per heavy atom. The summed E-state index contributed by atoms with van der Waals surface area (Å²) in [6, 6.07) is 18.2. The zero-order valence-corrected chi connectivity index (χ0v) is 13.1. The molecule has 3 aromatic rings. The van der Waals surface area contributed by atoms with E-state index in [1.54, 1.807) is 11.3 Å². The molecule has 22 heavy (non-hydrogen) atoms. The average Bonchev–Trinajstić information content (AvgIpc) is 2.92. The molecule has 2 N–H and O–H groups in total. The molecule has 1 amide bonds. The highest BCUT2D eigenvalue weighted by Gasteiger charge is 2.15. The van der Waals surface area contributed by atoms with Gasteiger partial charge in [0.05, 0.1) is 17.0 Å². The first kappa shape index (κ1) is 14.5. The third-order valence-electron chi connectivity index (χ3n) is 3.37. The quantitative estimate of drug-likeness (QED) is 0.796. The molecule has 0 bridgehead atoms. The Bertz CT molecular complexity index is 792. The summed E-state index contributed by atoms with van der Waals surface area (Å²) in [6.07, 6.45) is 0.159. The number of carbonyl (C=O) groups excluding carboxylic acids is 1. The second kappa shape index (κ2) is 6.12. The maximum Gasteiger partial charge on any atom is 0.223 e. The minimum Gasteiger partial charge on any atom is -0.369 e. The zero-order chi connectivity index (χ0) is 15.5. The number of amides is 1. The van der Waals surface area contributed by atoms with Crippen LogP contribution < -0.4 is 5.73 Å². The molecular formula is C18H16N2OS. The first-order valence-electron chi connectivity index (χ1n) is 7.04. The summed E-state index contributed by atoms with van der Waals surface area (Å²) in [6.45, 7) is 2.05. The fraction of sp³-hybridized carbons (Fsp3) is 0.111. The Morgan fingerprint density at radius 2 is 1.73 bits per heavy atom. The first-order valence-corrected chi connectivity index (χ1v) is 7.85. The van der Waals surface area contributed by atoms with E-state index in [9.17, 15) is 4.79 Å². The van der Waals surface area contributed by atoms with Crippen molar-refractivity contribution in [3.63, 3.8) is 0 Å². The van der Waals surface area contributed by atoms with Gasteiger partial charge >= 0.3 is 0 Å². The lowest BCUT2D eigenvalue weighted by atomic mass is 10.1. The summed E-state index contributed by atoms with van der Waals surface area (Å²) < 4.78 is 0. The zero-order valence-electron chi connectivity index (χ0n) is 12.2. The molecule has 110 valence electrons. The van der Waals surface area contributed by atoms with E-state index in [0.717, 1.165) is 26.7 Å². The topological polar surface area (TPSA) is 56.0 Å². The van der Waals surface area contributed by atoms with Gasteiger partial charge in [-0.25, -0.2) is 4.98 Å². The molecular weight excluding hydrogens is 292 g/mol. The van der Waals surface area contributed by atoms with Crippen molar-refractivity contribution in [2.45, 2.75) is 13.3 Å². The van der Waals surface area contributed by atoms with Crippen LogP contribution in [0.5, 0.6) is 0 Å². The molecule has 2 aromatic carbocycles. The Labute approximate surface area is 133 Å². The van der Waals surface area contributed by atoms with Crippen molar-refractivity contribution in [1.82, 2.24) is 4.98 Å². The van der Waals surface area contributed by atoms with E-state index in [-0.39, 0.29) is 12.3 Å². The van der Waals surface area contributed by atoms with Crippen molar-refractivity contribution in [2.75, 3.05) is 0 Å². The monoisotopic (exact) mass is 308 g/mol. The smallest absolute Gasteiger partial charge is 0.223 e. The number of thiazole rings is 1. The van der Waals surface area contributed by atoms with Crippen molar-refractivity contribution >= 4 is 17.2 Å². The van der Waals surface area contributed by atoms with Crippen LogP contribution in [0.2, 0.25) is 0 Å². The SMILES string of the molecule is Cc1ccc(-c2sc(-c3ccccc3)nc2CC(N)=O)cc1. The van der Waals surface area contributed by atoms with Crippen LogP contribution in [0.3, 0.4) is 0 Å². The molecule has 0 saturated heterocycles.